The summed E-state index contributed by atoms with van der Waals surface area (Å²) in [5, 5.41) is 0.170. The average Bonchev–Trinajstić information content (AvgIpc) is 2.77. The minimum absolute atomic E-state index is 0.0141. The summed E-state index contributed by atoms with van der Waals surface area (Å²) in [6.45, 7) is -1.25. The summed E-state index contributed by atoms with van der Waals surface area (Å²) in [6.07, 6.45) is -1.01. The molecule has 22 heavy (non-hydrogen) atoms. The highest BCUT2D eigenvalue weighted by atomic mass is 35.5. The van der Waals surface area contributed by atoms with Gasteiger partial charge in [0.05, 0.1) is 18.6 Å². The van der Waals surface area contributed by atoms with Crippen LogP contribution in [-0.4, -0.2) is 30.1 Å². The first kappa shape index (κ1) is 17.4. The van der Waals surface area contributed by atoms with Gasteiger partial charge in [-0.3, -0.25) is 4.79 Å². The first-order valence-electron chi connectivity index (χ1n) is 6.60. The zero-order chi connectivity index (χ0) is 16.4. The van der Waals surface area contributed by atoms with E-state index in [-0.39, 0.29) is 29.8 Å². The number of hydrogen-bond donors (Lipinski definition) is 0. The molecule has 1 saturated heterocycles. The van der Waals surface area contributed by atoms with Crippen LogP contribution < -0.4 is 0 Å². The molecule has 1 aromatic rings. The number of carbonyl (C=O) groups is 1. The van der Waals surface area contributed by atoms with Crippen LogP contribution in [0.4, 0.5) is 13.2 Å². The Labute approximate surface area is 135 Å². The molecule has 1 aliphatic heterocycles. The Balaban J connectivity index is 2.25. The van der Waals surface area contributed by atoms with Crippen molar-refractivity contribution in [2.45, 2.75) is 38.0 Å². The van der Waals surface area contributed by atoms with Crippen molar-refractivity contribution in [3.63, 3.8) is 0 Å². The van der Waals surface area contributed by atoms with Gasteiger partial charge in [-0.25, -0.2) is 4.39 Å². The molecule has 0 bridgehead atoms. The Hall–Kier alpha value is -0.980. The maximum atomic E-state index is 13.6. The van der Waals surface area contributed by atoms with Crippen molar-refractivity contribution in [3.8, 4) is 0 Å². The van der Waals surface area contributed by atoms with Crippen LogP contribution in [0, 0.1) is 5.82 Å². The fourth-order valence-corrected chi connectivity index (χ4v) is 3.26. The molecule has 8 heteroatoms. The second-order valence-corrected chi connectivity index (χ2v) is 5.71. The van der Waals surface area contributed by atoms with Gasteiger partial charge in [0.25, 0.3) is 0 Å². The Kier molecular flexibility index (Phi) is 5.58. The summed E-state index contributed by atoms with van der Waals surface area (Å²) < 4.78 is 42.5. The van der Waals surface area contributed by atoms with Crippen LogP contribution in [-0.2, 0) is 15.4 Å². The predicted octanol–water partition coefficient (Wildman–Crippen LogP) is 4.12. The lowest BCUT2D eigenvalue weighted by Gasteiger charge is -2.27. The molecule has 0 aliphatic carbocycles. The van der Waals surface area contributed by atoms with Crippen molar-refractivity contribution in [1.29, 1.82) is 0 Å². The molecule has 1 heterocycles. The molecule has 1 aliphatic rings. The quantitative estimate of drug-likeness (QED) is 0.743. The molecule has 0 aromatic heterocycles. The first-order valence-corrected chi connectivity index (χ1v) is 7.51. The van der Waals surface area contributed by atoms with Gasteiger partial charge in [0, 0.05) is 17.4 Å². The Morgan fingerprint density at radius 3 is 2.73 bits per heavy atom. The monoisotopic (exact) mass is 355 g/mol. The number of nitrogens with zero attached hydrogens (tertiary/aromatic N) is 1. The molecule has 0 saturated carbocycles. The number of hydrogen-bond acceptors (Lipinski definition) is 2. The number of rotatable bonds is 5. The molecule has 1 amide bonds. The topological polar surface area (TPSA) is 29.5 Å². The maximum absolute atomic E-state index is 13.6. The summed E-state index contributed by atoms with van der Waals surface area (Å²) in [4.78, 5) is 13.4. The summed E-state index contributed by atoms with van der Waals surface area (Å²) >= 11 is 11.8. The van der Waals surface area contributed by atoms with E-state index in [9.17, 15) is 18.0 Å². The average molecular weight is 356 g/mol. The van der Waals surface area contributed by atoms with Gasteiger partial charge in [0.2, 0.25) is 5.91 Å². The lowest BCUT2D eigenvalue weighted by molar-refractivity contribution is -0.159. The SMILES string of the molecule is C[C@@H](c1cc(F)cc(Cl)c1CCl)N1C[C@@H](OC(F)F)CC1=O. The molecule has 2 rings (SSSR count). The highest BCUT2D eigenvalue weighted by Gasteiger charge is 2.36. The van der Waals surface area contributed by atoms with E-state index >= 15 is 0 Å². The van der Waals surface area contributed by atoms with Crippen LogP contribution in [0.2, 0.25) is 5.02 Å². The van der Waals surface area contributed by atoms with Gasteiger partial charge in [-0.15, -0.1) is 11.6 Å². The van der Waals surface area contributed by atoms with Crippen molar-refractivity contribution in [2.24, 2.45) is 0 Å². The van der Waals surface area contributed by atoms with E-state index in [1.54, 1.807) is 6.92 Å². The molecule has 122 valence electrons. The summed E-state index contributed by atoms with van der Waals surface area (Å²) in [5.41, 5.74) is 0.981. The molecule has 1 aromatic carbocycles. The van der Waals surface area contributed by atoms with E-state index in [1.807, 2.05) is 0 Å². The molecule has 0 N–H and O–H groups in total. The van der Waals surface area contributed by atoms with E-state index in [0.29, 0.717) is 11.1 Å². The number of benzene rings is 1. The molecule has 0 spiro atoms. The molecule has 1 fully saturated rings. The fraction of sp³-hybridized carbons (Fsp3) is 0.500. The zero-order valence-corrected chi connectivity index (χ0v) is 13.2. The standard InChI is InChI=1S/C14H14Cl2F3NO2/c1-7(10-2-8(17)3-12(16)11(10)5-15)20-6-9(4-13(20)21)22-14(18)19/h2-3,7,9,14H,4-6H2,1H3/t7-,9-/m0/s1. The molecular formula is C14H14Cl2F3NO2. The number of likely N-dealkylation sites (tertiary alicyclic amines) is 1. The number of amides is 1. The molecular weight excluding hydrogens is 342 g/mol. The van der Waals surface area contributed by atoms with Gasteiger partial charge in [0.1, 0.15) is 5.82 Å². The van der Waals surface area contributed by atoms with Crippen molar-refractivity contribution in [1.82, 2.24) is 4.90 Å². The number of halogens is 5. The Morgan fingerprint density at radius 1 is 1.45 bits per heavy atom. The van der Waals surface area contributed by atoms with E-state index in [2.05, 4.69) is 4.74 Å². The number of ether oxygens (including phenoxy) is 1. The van der Waals surface area contributed by atoms with Gasteiger partial charge in [-0.05, 0) is 30.2 Å². The second kappa shape index (κ2) is 7.06. The fourth-order valence-electron chi connectivity index (χ4n) is 2.61. The van der Waals surface area contributed by atoms with Crippen LogP contribution >= 0.6 is 23.2 Å². The minimum atomic E-state index is -2.94. The lowest BCUT2D eigenvalue weighted by Crippen LogP contribution is -2.30. The lowest BCUT2D eigenvalue weighted by atomic mass is 10.0. The summed E-state index contributed by atoms with van der Waals surface area (Å²) in [7, 11) is 0. The maximum Gasteiger partial charge on any atom is 0.345 e. The van der Waals surface area contributed by atoms with E-state index < -0.39 is 24.6 Å². The molecule has 0 radical (unpaired) electrons. The largest absolute Gasteiger partial charge is 0.345 e. The Bertz CT molecular complexity index is 571. The van der Waals surface area contributed by atoms with Gasteiger partial charge in [0.15, 0.2) is 0 Å². The van der Waals surface area contributed by atoms with Gasteiger partial charge in [-0.2, -0.15) is 8.78 Å². The third kappa shape index (κ3) is 3.67. The Morgan fingerprint density at radius 2 is 2.14 bits per heavy atom. The van der Waals surface area contributed by atoms with Crippen LogP contribution in [0.3, 0.4) is 0 Å². The van der Waals surface area contributed by atoms with Gasteiger partial charge < -0.3 is 9.64 Å². The van der Waals surface area contributed by atoms with E-state index in [4.69, 9.17) is 23.2 Å². The van der Waals surface area contributed by atoms with E-state index in [0.717, 1.165) is 6.07 Å². The minimum Gasteiger partial charge on any atom is -0.333 e. The van der Waals surface area contributed by atoms with Gasteiger partial charge in [-0.1, -0.05) is 11.6 Å². The second-order valence-electron chi connectivity index (χ2n) is 5.03. The van der Waals surface area contributed by atoms with E-state index in [1.165, 1.54) is 11.0 Å². The van der Waals surface area contributed by atoms with Crippen molar-refractivity contribution in [3.05, 3.63) is 34.1 Å². The van der Waals surface area contributed by atoms with Crippen LogP contribution in [0.25, 0.3) is 0 Å². The summed E-state index contributed by atoms with van der Waals surface area (Å²) in [5.74, 6) is -0.829. The smallest absolute Gasteiger partial charge is 0.333 e. The first-order chi connectivity index (χ1) is 10.3. The molecule has 2 atom stereocenters. The van der Waals surface area contributed by atoms with Crippen molar-refractivity contribution >= 4 is 29.1 Å². The normalized spacial score (nSPS) is 20.0. The number of carbonyl (C=O) groups excluding carboxylic acids is 1. The highest BCUT2D eigenvalue weighted by Crippen LogP contribution is 2.33. The van der Waals surface area contributed by atoms with Gasteiger partial charge >= 0.3 is 6.61 Å². The molecule has 0 unspecified atom stereocenters. The zero-order valence-electron chi connectivity index (χ0n) is 11.7. The van der Waals surface area contributed by atoms with Crippen LogP contribution in [0.1, 0.15) is 30.5 Å². The van der Waals surface area contributed by atoms with Crippen LogP contribution in [0.5, 0.6) is 0 Å². The predicted molar refractivity (Wildman–Crippen MR) is 76.6 cm³/mol. The third-order valence-corrected chi connectivity index (χ3v) is 4.27. The van der Waals surface area contributed by atoms with Crippen molar-refractivity contribution < 1.29 is 22.7 Å². The van der Waals surface area contributed by atoms with Crippen LogP contribution in [0.15, 0.2) is 12.1 Å². The van der Waals surface area contributed by atoms with Crippen molar-refractivity contribution in [2.75, 3.05) is 6.54 Å². The highest BCUT2D eigenvalue weighted by molar-refractivity contribution is 6.32. The number of alkyl halides is 3. The summed E-state index contributed by atoms with van der Waals surface area (Å²) in [6, 6.07) is 1.85. The molecule has 3 nitrogen and oxygen atoms in total. The third-order valence-electron chi connectivity index (χ3n) is 3.66.